The van der Waals surface area contributed by atoms with Crippen molar-refractivity contribution in [2.24, 2.45) is 5.73 Å². The molecule has 1 saturated heterocycles. The predicted octanol–water partition coefficient (Wildman–Crippen LogP) is 0.574. The van der Waals surface area contributed by atoms with Gasteiger partial charge >= 0.3 is 0 Å². The highest BCUT2D eigenvalue weighted by atomic mass is 16.5. The van der Waals surface area contributed by atoms with E-state index in [1.165, 1.54) is 7.11 Å². The highest BCUT2D eigenvalue weighted by molar-refractivity contribution is 5.97. The Hall–Kier alpha value is -1.75. The second-order valence-electron chi connectivity index (χ2n) is 4.16. The molecule has 0 radical (unpaired) electrons. The van der Waals surface area contributed by atoms with Gasteiger partial charge in [-0.3, -0.25) is 4.79 Å². The second-order valence-corrected chi connectivity index (χ2v) is 4.16. The fraction of sp³-hybridized carbons (Fsp3) is 0.417. The minimum atomic E-state index is -0.200. The van der Waals surface area contributed by atoms with Crippen LogP contribution in [0, 0.1) is 0 Å². The van der Waals surface area contributed by atoms with Gasteiger partial charge in [0.15, 0.2) is 11.5 Å². The van der Waals surface area contributed by atoms with E-state index < -0.39 is 0 Å². The van der Waals surface area contributed by atoms with Crippen LogP contribution in [-0.2, 0) is 0 Å². The van der Waals surface area contributed by atoms with Gasteiger partial charge in [-0.2, -0.15) is 0 Å². The summed E-state index contributed by atoms with van der Waals surface area (Å²) in [5, 5.41) is 9.88. The first kappa shape index (κ1) is 11.7. The number of amides is 1. The molecule has 1 aliphatic rings. The van der Waals surface area contributed by atoms with E-state index in [0.29, 0.717) is 18.8 Å². The third-order valence-corrected chi connectivity index (χ3v) is 2.96. The number of nitrogens with zero attached hydrogens (tertiary/aromatic N) is 1. The second kappa shape index (κ2) is 4.63. The van der Waals surface area contributed by atoms with E-state index in [0.717, 1.165) is 6.42 Å². The van der Waals surface area contributed by atoms with Crippen molar-refractivity contribution < 1.29 is 14.6 Å². The maximum Gasteiger partial charge on any atom is 0.257 e. The zero-order valence-corrected chi connectivity index (χ0v) is 9.72. The van der Waals surface area contributed by atoms with Crippen LogP contribution in [-0.4, -0.2) is 42.2 Å². The molecule has 1 heterocycles. The lowest BCUT2D eigenvalue weighted by Crippen LogP contribution is -2.31. The normalized spacial score (nSPS) is 19.4. The third-order valence-electron chi connectivity index (χ3n) is 2.96. The molecule has 1 fully saturated rings. The molecule has 92 valence electrons. The van der Waals surface area contributed by atoms with E-state index in [4.69, 9.17) is 10.5 Å². The molecule has 5 heteroatoms. The third kappa shape index (κ3) is 2.19. The number of rotatable bonds is 2. The van der Waals surface area contributed by atoms with Crippen molar-refractivity contribution >= 4 is 5.91 Å². The van der Waals surface area contributed by atoms with Crippen molar-refractivity contribution in [1.29, 1.82) is 0 Å². The maximum absolute atomic E-state index is 12.1. The summed E-state index contributed by atoms with van der Waals surface area (Å²) in [7, 11) is 1.45. The number of ether oxygens (including phenoxy) is 1. The number of phenols is 1. The van der Waals surface area contributed by atoms with E-state index in [2.05, 4.69) is 0 Å². The summed E-state index contributed by atoms with van der Waals surface area (Å²) in [4.78, 5) is 13.8. The van der Waals surface area contributed by atoms with Crippen LogP contribution in [0.1, 0.15) is 16.8 Å². The van der Waals surface area contributed by atoms with Crippen LogP contribution < -0.4 is 10.5 Å². The van der Waals surface area contributed by atoms with Gasteiger partial charge in [-0.25, -0.2) is 0 Å². The van der Waals surface area contributed by atoms with E-state index in [-0.39, 0.29) is 23.3 Å². The van der Waals surface area contributed by atoms with Crippen LogP contribution in [0.4, 0.5) is 0 Å². The number of nitrogens with two attached hydrogens (primary N) is 1. The molecule has 0 aliphatic carbocycles. The standard InChI is InChI=1S/C12H16N2O3/c1-17-10-4-2-3-9(11(10)15)12(16)14-6-5-8(13)7-14/h2-4,8,15H,5-7,13H2,1H3/t8-/m0/s1. The minimum absolute atomic E-state index is 0.0340. The van der Waals surface area contributed by atoms with Gasteiger partial charge in [0.05, 0.1) is 12.7 Å². The molecule has 0 saturated carbocycles. The molecular formula is C12H16N2O3. The number of carbonyl (C=O) groups excluding carboxylic acids is 1. The molecule has 1 amide bonds. The maximum atomic E-state index is 12.1. The first-order valence-electron chi connectivity index (χ1n) is 5.54. The van der Waals surface area contributed by atoms with Gasteiger partial charge in [-0.1, -0.05) is 6.07 Å². The van der Waals surface area contributed by atoms with Crippen LogP contribution in [0.25, 0.3) is 0 Å². The number of phenolic OH excluding ortho intramolecular Hbond substituents is 1. The van der Waals surface area contributed by atoms with Crippen LogP contribution in [0.3, 0.4) is 0 Å². The van der Waals surface area contributed by atoms with Gasteiger partial charge in [0.25, 0.3) is 5.91 Å². The van der Waals surface area contributed by atoms with Crippen LogP contribution >= 0.6 is 0 Å². The smallest absolute Gasteiger partial charge is 0.257 e. The minimum Gasteiger partial charge on any atom is -0.504 e. The summed E-state index contributed by atoms with van der Waals surface area (Å²) in [5.74, 6) is -0.00540. The molecule has 0 spiro atoms. The van der Waals surface area contributed by atoms with Crippen molar-refractivity contribution in [3.63, 3.8) is 0 Å². The number of benzene rings is 1. The summed E-state index contributed by atoms with van der Waals surface area (Å²) in [6, 6.07) is 4.92. The number of carbonyl (C=O) groups is 1. The predicted molar refractivity (Wildman–Crippen MR) is 63.2 cm³/mol. The van der Waals surface area contributed by atoms with Gasteiger partial charge < -0.3 is 20.5 Å². The first-order chi connectivity index (χ1) is 8.13. The monoisotopic (exact) mass is 236 g/mol. The summed E-state index contributed by atoms with van der Waals surface area (Å²) >= 11 is 0. The van der Waals surface area contributed by atoms with Gasteiger partial charge in [0, 0.05) is 19.1 Å². The number of hydrogen-bond acceptors (Lipinski definition) is 4. The van der Waals surface area contributed by atoms with Crippen molar-refractivity contribution in [1.82, 2.24) is 4.90 Å². The quantitative estimate of drug-likeness (QED) is 0.787. The Balaban J connectivity index is 2.25. The highest BCUT2D eigenvalue weighted by Gasteiger charge is 2.26. The Bertz CT molecular complexity index is 434. The van der Waals surface area contributed by atoms with Crippen LogP contribution in [0.15, 0.2) is 18.2 Å². The van der Waals surface area contributed by atoms with E-state index in [9.17, 15) is 9.90 Å². The zero-order valence-electron chi connectivity index (χ0n) is 9.72. The van der Waals surface area contributed by atoms with E-state index >= 15 is 0 Å². The van der Waals surface area contributed by atoms with Crippen LogP contribution in [0.2, 0.25) is 0 Å². The fourth-order valence-electron chi connectivity index (χ4n) is 2.00. The lowest BCUT2D eigenvalue weighted by molar-refractivity contribution is 0.0787. The van der Waals surface area contributed by atoms with Crippen molar-refractivity contribution in [3.05, 3.63) is 23.8 Å². The van der Waals surface area contributed by atoms with Crippen molar-refractivity contribution in [3.8, 4) is 11.5 Å². The molecule has 1 atom stereocenters. The topological polar surface area (TPSA) is 75.8 Å². The zero-order chi connectivity index (χ0) is 12.4. The fourth-order valence-corrected chi connectivity index (χ4v) is 2.00. The molecule has 0 unspecified atom stereocenters. The first-order valence-corrected chi connectivity index (χ1v) is 5.54. The van der Waals surface area contributed by atoms with Crippen molar-refractivity contribution in [2.75, 3.05) is 20.2 Å². The highest BCUT2D eigenvalue weighted by Crippen LogP contribution is 2.30. The molecule has 3 N–H and O–H groups in total. The van der Waals surface area contributed by atoms with Crippen molar-refractivity contribution in [2.45, 2.75) is 12.5 Å². The van der Waals surface area contributed by atoms with Gasteiger partial charge in [-0.15, -0.1) is 0 Å². The van der Waals surface area contributed by atoms with Crippen LogP contribution in [0.5, 0.6) is 11.5 Å². The Kier molecular flexibility index (Phi) is 3.19. The molecule has 1 aromatic rings. The average molecular weight is 236 g/mol. The Morgan fingerprint density at radius 2 is 2.35 bits per heavy atom. The van der Waals surface area contributed by atoms with Gasteiger partial charge in [0.1, 0.15) is 0 Å². The summed E-state index contributed by atoms with van der Waals surface area (Å²) < 4.78 is 4.97. The lowest BCUT2D eigenvalue weighted by Gasteiger charge is -2.17. The molecular weight excluding hydrogens is 220 g/mol. The Morgan fingerprint density at radius 1 is 1.59 bits per heavy atom. The number of para-hydroxylation sites is 1. The van der Waals surface area contributed by atoms with Gasteiger partial charge in [0.2, 0.25) is 0 Å². The number of hydrogen-bond donors (Lipinski definition) is 2. The van der Waals surface area contributed by atoms with E-state index in [1.807, 2.05) is 0 Å². The van der Waals surface area contributed by atoms with Gasteiger partial charge in [-0.05, 0) is 18.6 Å². The molecule has 2 rings (SSSR count). The SMILES string of the molecule is COc1cccc(C(=O)N2CC[C@H](N)C2)c1O. The number of likely N-dealkylation sites (tertiary alicyclic amines) is 1. The molecule has 1 aromatic carbocycles. The molecule has 17 heavy (non-hydrogen) atoms. The summed E-state index contributed by atoms with van der Waals surface area (Å²) in [6.07, 6.45) is 0.802. The molecule has 0 bridgehead atoms. The number of methoxy groups -OCH3 is 1. The number of aromatic hydroxyl groups is 1. The average Bonchev–Trinajstić information content (AvgIpc) is 2.75. The largest absolute Gasteiger partial charge is 0.504 e. The summed E-state index contributed by atoms with van der Waals surface area (Å²) in [6.45, 7) is 1.17. The molecule has 0 aromatic heterocycles. The summed E-state index contributed by atoms with van der Waals surface area (Å²) in [5.41, 5.74) is 6.02. The Morgan fingerprint density at radius 3 is 2.94 bits per heavy atom. The Labute approximate surface area is 99.8 Å². The van der Waals surface area contributed by atoms with E-state index in [1.54, 1.807) is 23.1 Å². The lowest BCUT2D eigenvalue weighted by atomic mass is 10.1. The molecule has 5 nitrogen and oxygen atoms in total. The molecule has 1 aliphatic heterocycles.